The summed E-state index contributed by atoms with van der Waals surface area (Å²) in [6.07, 6.45) is 3.71. The van der Waals surface area contributed by atoms with E-state index in [0.29, 0.717) is 17.0 Å². The van der Waals surface area contributed by atoms with Crippen LogP contribution in [0, 0.1) is 5.92 Å². The summed E-state index contributed by atoms with van der Waals surface area (Å²) in [4.78, 5) is 26.7. The zero-order chi connectivity index (χ0) is 15.7. The molecule has 3 N–H and O–H groups in total. The highest BCUT2D eigenvalue weighted by Gasteiger charge is 2.22. The number of benzene rings is 1. The van der Waals surface area contributed by atoms with E-state index in [-0.39, 0.29) is 24.2 Å². The van der Waals surface area contributed by atoms with E-state index in [0.717, 1.165) is 31.2 Å². The number of aliphatic hydroxyl groups excluding tert-OH is 1. The van der Waals surface area contributed by atoms with Crippen LogP contribution in [0.15, 0.2) is 23.0 Å². The van der Waals surface area contributed by atoms with Crippen LogP contribution in [0.4, 0.5) is 0 Å². The molecule has 0 bridgehead atoms. The van der Waals surface area contributed by atoms with Gasteiger partial charge in [-0.05, 0) is 49.8 Å². The van der Waals surface area contributed by atoms with Gasteiger partial charge in [-0.25, -0.2) is 4.79 Å². The van der Waals surface area contributed by atoms with Gasteiger partial charge in [-0.3, -0.25) is 9.36 Å². The Balaban J connectivity index is 1.71. The SMILES string of the molecule is Cn1c(=O)[nH]c2cc(C(=O)NC3CCC(CO)CC3)ccc21. The van der Waals surface area contributed by atoms with Crippen LogP contribution in [0.2, 0.25) is 0 Å². The third-order valence-electron chi connectivity index (χ3n) is 4.61. The first-order valence-corrected chi connectivity index (χ1v) is 7.69. The second-order valence-corrected chi connectivity index (χ2v) is 6.09. The van der Waals surface area contributed by atoms with Gasteiger partial charge in [-0.1, -0.05) is 0 Å². The number of aryl methyl sites for hydroxylation is 1. The van der Waals surface area contributed by atoms with E-state index in [1.54, 1.807) is 25.2 Å². The molecule has 0 unspecified atom stereocenters. The van der Waals surface area contributed by atoms with Gasteiger partial charge in [0.05, 0.1) is 11.0 Å². The predicted octanol–water partition coefficient (Wildman–Crippen LogP) is 1.15. The minimum absolute atomic E-state index is 0.112. The molecular weight excluding hydrogens is 282 g/mol. The molecule has 1 heterocycles. The lowest BCUT2D eigenvalue weighted by Crippen LogP contribution is -2.38. The molecule has 0 radical (unpaired) electrons. The van der Waals surface area contributed by atoms with Crippen molar-refractivity contribution in [1.82, 2.24) is 14.9 Å². The van der Waals surface area contributed by atoms with E-state index in [9.17, 15) is 9.59 Å². The number of aliphatic hydroxyl groups is 1. The average Bonchev–Trinajstić information content (AvgIpc) is 2.82. The topological polar surface area (TPSA) is 87.1 Å². The summed E-state index contributed by atoms with van der Waals surface area (Å²) in [6, 6.07) is 5.40. The van der Waals surface area contributed by atoms with Crippen molar-refractivity contribution in [1.29, 1.82) is 0 Å². The second-order valence-electron chi connectivity index (χ2n) is 6.09. The van der Waals surface area contributed by atoms with Crippen molar-refractivity contribution < 1.29 is 9.90 Å². The number of rotatable bonds is 3. The van der Waals surface area contributed by atoms with Gasteiger partial charge >= 0.3 is 5.69 Å². The average molecular weight is 303 g/mol. The third kappa shape index (κ3) is 2.78. The molecule has 1 aromatic carbocycles. The highest BCUT2D eigenvalue weighted by molar-refractivity contribution is 5.97. The van der Waals surface area contributed by atoms with Crippen LogP contribution in [0.5, 0.6) is 0 Å². The molecule has 1 aliphatic rings. The molecule has 1 saturated carbocycles. The van der Waals surface area contributed by atoms with Gasteiger partial charge in [0.2, 0.25) is 0 Å². The van der Waals surface area contributed by atoms with Crippen LogP contribution in [-0.4, -0.2) is 33.2 Å². The number of carbonyl (C=O) groups is 1. The van der Waals surface area contributed by atoms with Crippen molar-refractivity contribution in [3.05, 3.63) is 34.2 Å². The lowest BCUT2D eigenvalue weighted by atomic mass is 9.86. The van der Waals surface area contributed by atoms with Crippen molar-refractivity contribution >= 4 is 16.9 Å². The van der Waals surface area contributed by atoms with Crippen LogP contribution in [0.3, 0.4) is 0 Å². The lowest BCUT2D eigenvalue weighted by Gasteiger charge is -2.27. The summed E-state index contributed by atoms with van der Waals surface area (Å²) in [5, 5.41) is 12.2. The Bertz CT molecular complexity index is 739. The van der Waals surface area contributed by atoms with Gasteiger partial charge in [0.15, 0.2) is 0 Å². The fourth-order valence-corrected chi connectivity index (χ4v) is 3.14. The summed E-state index contributed by atoms with van der Waals surface area (Å²) in [7, 11) is 1.69. The Morgan fingerprint density at radius 2 is 2.09 bits per heavy atom. The Hall–Kier alpha value is -2.08. The smallest absolute Gasteiger partial charge is 0.326 e. The van der Waals surface area contributed by atoms with Crippen molar-refractivity contribution in [3.63, 3.8) is 0 Å². The number of amides is 1. The number of hydrogen-bond acceptors (Lipinski definition) is 3. The molecule has 6 heteroatoms. The van der Waals surface area contributed by atoms with Crippen molar-refractivity contribution in [2.75, 3.05) is 6.61 Å². The van der Waals surface area contributed by atoms with Crippen LogP contribution >= 0.6 is 0 Å². The number of imidazole rings is 1. The number of fused-ring (bicyclic) bond motifs is 1. The molecule has 0 atom stereocenters. The minimum atomic E-state index is -0.185. The normalized spacial score (nSPS) is 21.9. The Morgan fingerprint density at radius 1 is 1.36 bits per heavy atom. The van der Waals surface area contributed by atoms with Crippen molar-refractivity contribution in [2.24, 2.45) is 13.0 Å². The molecule has 1 fully saturated rings. The molecule has 1 aromatic heterocycles. The van der Waals surface area contributed by atoms with E-state index < -0.39 is 0 Å². The van der Waals surface area contributed by atoms with Crippen molar-refractivity contribution in [3.8, 4) is 0 Å². The maximum absolute atomic E-state index is 12.3. The molecule has 22 heavy (non-hydrogen) atoms. The first kappa shape index (κ1) is 14.8. The molecule has 0 spiro atoms. The zero-order valence-electron chi connectivity index (χ0n) is 12.6. The summed E-state index contributed by atoms with van der Waals surface area (Å²) in [5.41, 5.74) is 1.82. The predicted molar refractivity (Wildman–Crippen MR) is 83.8 cm³/mol. The van der Waals surface area contributed by atoms with Crippen LogP contribution in [0.25, 0.3) is 11.0 Å². The van der Waals surface area contributed by atoms with E-state index >= 15 is 0 Å². The van der Waals surface area contributed by atoms with Gasteiger partial charge in [-0.15, -0.1) is 0 Å². The van der Waals surface area contributed by atoms with Crippen LogP contribution < -0.4 is 11.0 Å². The molecule has 0 aliphatic heterocycles. The zero-order valence-corrected chi connectivity index (χ0v) is 12.6. The van der Waals surface area contributed by atoms with Gasteiger partial charge in [0.25, 0.3) is 5.91 Å². The number of nitrogens with one attached hydrogen (secondary N) is 2. The highest BCUT2D eigenvalue weighted by Crippen LogP contribution is 2.24. The molecule has 2 aromatic rings. The molecule has 3 rings (SSSR count). The minimum Gasteiger partial charge on any atom is -0.396 e. The standard InChI is InChI=1S/C16H21N3O3/c1-19-14-7-4-11(8-13(14)18-16(19)22)15(21)17-12-5-2-10(9-20)3-6-12/h4,7-8,10,12,20H,2-3,5-6,9H2,1H3,(H,17,21)(H,18,22). The first-order chi connectivity index (χ1) is 10.6. The first-order valence-electron chi connectivity index (χ1n) is 7.69. The molecule has 118 valence electrons. The molecular formula is C16H21N3O3. The van der Waals surface area contributed by atoms with Gasteiger partial charge < -0.3 is 15.4 Å². The largest absolute Gasteiger partial charge is 0.396 e. The van der Waals surface area contributed by atoms with E-state index in [4.69, 9.17) is 5.11 Å². The Labute approximate surface area is 128 Å². The number of aromatic amines is 1. The Kier molecular flexibility index (Phi) is 4.02. The number of nitrogens with zero attached hydrogens (tertiary/aromatic N) is 1. The number of carbonyl (C=O) groups excluding carboxylic acids is 1. The van der Waals surface area contributed by atoms with Gasteiger partial charge in [0.1, 0.15) is 0 Å². The fourth-order valence-electron chi connectivity index (χ4n) is 3.14. The van der Waals surface area contributed by atoms with Crippen LogP contribution in [0.1, 0.15) is 36.0 Å². The summed E-state index contributed by atoms with van der Waals surface area (Å²) in [5.74, 6) is 0.262. The molecule has 1 aliphatic carbocycles. The second kappa shape index (κ2) is 5.96. The third-order valence-corrected chi connectivity index (χ3v) is 4.61. The monoisotopic (exact) mass is 303 g/mol. The maximum Gasteiger partial charge on any atom is 0.326 e. The fraction of sp³-hybridized carbons (Fsp3) is 0.500. The highest BCUT2D eigenvalue weighted by atomic mass is 16.3. The van der Waals surface area contributed by atoms with Crippen LogP contribution in [-0.2, 0) is 7.05 Å². The quantitative estimate of drug-likeness (QED) is 0.795. The summed E-state index contributed by atoms with van der Waals surface area (Å²) >= 11 is 0. The molecule has 0 saturated heterocycles. The Morgan fingerprint density at radius 3 is 2.77 bits per heavy atom. The number of hydrogen-bond donors (Lipinski definition) is 3. The van der Waals surface area contributed by atoms with Gasteiger partial charge in [-0.2, -0.15) is 0 Å². The summed E-state index contributed by atoms with van der Waals surface area (Å²) in [6.45, 7) is 0.235. The van der Waals surface area contributed by atoms with E-state index in [1.807, 2.05) is 0 Å². The molecule has 1 amide bonds. The summed E-state index contributed by atoms with van der Waals surface area (Å²) < 4.78 is 1.52. The number of H-pyrrole nitrogens is 1. The van der Waals surface area contributed by atoms with E-state index in [1.165, 1.54) is 4.57 Å². The lowest BCUT2D eigenvalue weighted by molar-refractivity contribution is 0.0914. The van der Waals surface area contributed by atoms with Gasteiger partial charge in [0, 0.05) is 25.3 Å². The van der Waals surface area contributed by atoms with Crippen molar-refractivity contribution in [2.45, 2.75) is 31.7 Å². The maximum atomic E-state index is 12.3. The molecule has 6 nitrogen and oxygen atoms in total. The number of aromatic nitrogens is 2. The van der Waals surface area contributed by atoms with E-state index in [2.05, 4.69) is 10.3 Å².